The van der Waals surface area contributed by atoms with Crippen molar-refractivity contribution < 1.29 is 67.0 Å². The number of amides is 3. The summed E-state index contributed by atoms with van der Waals surface area (Å²) in [5.74, 6) is -2.11. The molecule has 17 nitrogen and oxygen atoms in total. The standard InChI is InChI=1S/C45H75N3O14/c1-44(2,3)61-42(54)35-18-20-36(21-19-35)60-26-16-14-12-10-8-7-9-11-13-15-17-39(50)48-37(43(55)62-45(4,5)6)22-23-38(49)46-24-27-56-29-31-58-33-40(51)47-25-28-57-30-32-59-34-41(52)53/h18-21,37H,7-17,22-34H2,1-6H3,(H,46,49)(H,47,51)(H,48,50)(H,52,53)/t37-/m0/s1. The van der Waals surface area contributed by atoms with Crippen molar-refractivity contribution in [3.63, 3.8) is 0 Å². The average Bonchev–Trinajstić information content (AvgIpc) is 3.18. The maximum atomic E-state index is 12.9. The Morgan fingerprint density at radius 2 is 1.05 bits per heavy atom. The number of carbonyl (C=O) groups is 6. The lowest BCUT2D eigenvalue weighted by Crippen LogP contribution is -2.44. The second-order valence-electron chi connectivity index (χ2n) is 16.8. The largest absolute Gasteiger partial charge is 0.494 e. The number of nitrogens with one attached hydrogen (secondary N) is 3. The molecule has 0 bridgehead atoms. The summed E-state index contributed by atoms with van der Waals surface area (Å²) in [5.41, 5.74) is -0.779. The average molecular weight is 882 g/mol. The lowest BCUT2D eigenvalue weighted by Gasteiger charge is -2.24. The molecule has 1 rings (SSSR count). The molecule has 0 saturated carbocycles. The van der Waals surface area contributed by atoms with Gasteiger partial charge in [0.15, 0.2) is 0 Å². The van der Waals surface area contributed by atoms with E-state index in [1.54, 1.807) is 45.0 Å². The van der Waals surface area contributed by atoms with Gasteiger partial charge in [-0.3, -0.25) is 14.4 Å². The number of ether oxygens (including phenoxy) is 7. The van der Waals surface area contributed by atoms with E-state index in [2.05, 4.69) is 16.0 Å². The summed E-state index contributed by atoms with van der Waals surface area (Å²) >= 11 is 0. The molecule has 1 atom stereocenters. The molecule has 1 aromatic rings. The Bertz CT molecular complexity index is 1430. The number of hydrogen-bond acceptors (Lipinski definition) is 13. The highest BCUT2D eigenvalue weighted by Gasteiger charge is 2.27. The van der Waals surface area contributed by atoms with Gasteiger partial charge in [-0.25, -0.2) is 14.4 Å². The lowest BCUT2D eigenvalue weighted by molar-refractivity contribution is -0.159. The van der Waals surface area contributed by atoms with Gasteiger partial charge in [-0.15, -0.1) is 0 Å². The van der Waals surface area contributed by atoms with Gasteiger partial charge in [0.2, 0.25) is 17.7 Å². The van der Waals surface area contributed by atoms with Crippen LogP contribution in [0.4, 0.5) is 0 Å². The van der Waals surface area contributed by atoms with E-state index in [0.29, 0.717) is 18.6 Å². The third kappa shape index (κ3) is 33.3. The zero-order valence-electron chi connectivity index (χ0n) is 38.1. The van der Waals surface area contributed by atoms with Crippen LogP contribution in [0.25, 0.3) is 0 Å². The van der Waals surface area contributed by atoms with Crippen LogP contribution in [-0.2, 0) is 52.4 Å². The topological polar surface area (TPSA) is 223 Å². The number of benzene rings is 1. The quantitative estimate of drug-likeness (QED) is 0.0496. The van der Waals surface area contributed by atoms with Gasteiger partial charge in [0, 0.05) is 25.9 Å². The van der Waals surface area contributed by atoms with Gasteiger partial charge in [0.05, 0.1) is 51.8 Å². The minimum absolute atomic E-state index is 0.00678. The molecular formula is C45H75N3O14. The first-order valence-electron chi connectivity index (χ1n) is 22.0. The SMILES string of the molecule is CC(C)(C)OC(=O)c1ccc(OCCCCCCCCCCCCC(=O)N[C@@H](CCC(=O)NCCOCCOCC(=O)NCCOCCOCC(=O)O)C(=O)OC(C)(C)C)cc1. The van der Waals surface area contributed by atoms with Gasteiger partial charge >= 0.3 is 17.9 Å². The Hall–Kier alpha value is -4.32. The van der Waals surface area contributed by atoms with Crippen molar-refractivity contribution >= 4 is 35.6 Å². The van der Waals surface area contributed by atoms with Crippen LogP contribution >= 0.6 is 0 Å². The fourth-order valence-corrected chi connectivity index (χ4v) is 5.61. The van der Waals surface area contributed by atoms with Crippen LogP contribution in [0.15, 0.2) is 24.3 Å². The second kappa shape index (κ2) is 33.3. The van der Waals surface area contributed by atoms with Crippen molar-refractivity contribution in [3.05, 3.63) is 29.8 Å². The van der Waals surface area contributed by atoms with Crippen LogP contribution in [0.2, 0.25) is 0 Å². The first-order chi connectivity index (χ1) is 29.4. The van der Waals surface area contributed by atoms with Crippen molar-refractivity contribution in [2.45, 2.75) is 142 Å². The summed E-state index contributed by atoms with van der Waals surface area (Å²) in [5, 5.41) is 16.6. The Kier molecular flexibility index (Phi) is 29.9. The number of carbonyl (C=O) groups excluding carboxylic acids is 5. The number of carboxylic acids is 1. The Morgan fingerprint density at radius 3 is 1.60 bits per heavy atom. The molecule has 0 aromatic heterocycles. The molecule has 0 aliphatic carbocycles. The first-order valence-corrected chi connectivity index (χ1v) is 22.0. The fraction of sp³-hybridized carbons (Fsp3) is 0.733. The predicted molar refractivity (Wildman–Crippen MR) is 232 cm³/mol. The third-order valence-corrected chi connectivity index (χ3v) is 8.58. The third-order valence-electron chi connectivity index (χ3n) is 8.58. The van der Waals surface area contributed by atoms with E-state index in [1.807, 2.05) is 20.8 Å². The molecule has 0 spiro atoms. The molecule has 0 aliphatic heterocycles. The first kappa shape index (κ1) is 55.7. The van der Waals surface area contributed by atoms with Crippen molar-refractivity contribution in [1.82, 2.24) is 16.0 Å². The number of aliphatic carboxylic acids is 1. The summed E-state index contributed by atoms with van der Waals surface area (Å²) < 4.78 is 37.5. The van der Waals surface area contributed by atoms with E-state index < -0.39 is 29.2 Å². The molecule has 0 unspecified atom stereocenters. The Morgan fingerprint density at radius 1 is 0.548 bits per heavy atom. The van der Waals surface area contributed by atoms with E-state index in [0.717, 1.165) is 50.7 Å². The number of carboxylic acid groups (broad SMARTS) is 1. The highest BCUT2D eigenvalue weighted by molar-refractivity contribution is 5.89. The van der Waals surface area contributed by atoms with Crippen LogP contribution in [-0.4, -0.2) is 131 Å². The summed E-state index contributed by atoms with van der Waals surface area (Å²) in [4.78, 5) is 72.5. The normalized spacial score (nSPS) is 12.0. The Labute approximate surface area is 368 Å². The van der Waals surface area contributed by atoms with Crippen LogP contribution in [0.3, 0.4) is 0 Å². The Balaban J connectivity index is 2.13. The highest BCUT2D eigenvalue weighted by atomic mass is 16.6. The monoisotopic (exact) mass is 882 g/mol. The predicted octanol–water partition coefficient (Wildman–Crippen LogP) is 5.30. The van der Waals surface area contributed by atoms with E-state index in [-0.39, 0.29) is 109 Å². The van der Waals surface area contributed by atoms with Gasteiger partial charge in [0.1, 0.15) is 36.2 Å². The number of esters is 2. The molecular weight excluding hydrogens is 807 g/mol. The summed E-state index contributed by atoms with van der Waals surface area (Å²) in [7, 11) is 0. The van der Waals surface area contributed by atoms with Crippen molar-refractivity contribution in [2.24, 2.45) is 0 Å². The summed E-state index contributed by atoms with van der Waals surface area (Å²) in [6, 6.07) is 6.09. The van der Waals surface area contributed by atoms with E-state index in [9.17, 15) is 28.8 Å². The number of rotatable bonds is 36. The van der Waals surface area contributed by atoms with Crippen LogP contribution in [0.5, 0.6) is 5.75 Å². The van der Waals surface area contributed by atoms with E-state index >= 15 is 0 Å². The van der Waals surface area contributed by atoms with Crippen molar-refractivity contribution in [3.8, 4) is 5.75 Å². The summed E-state index contributed by atoms with van der Waals surface area (Å²) in [6.07, 6.45) is 10.8. The molecule has 0 aliphatic rings. The molecule has 4 N–H and O–H groups in total. The zero-order valence-corrected chi connectivity index (χ0v) is 38.1. The van der Waals surface area contributed by atoms with Crippen molar-refractivity contribution in [2.75, 3.05) is 72.6 Å². The van der Waals surface area contributed by atoms with Gasteiger partial charge in [-0.1, -0.05) is 51.4 Å². The number of hydrogen-bond donors (Lipinski definition) is 4. The summed E-state index contributed by atoms with van der Waals surface area (Å²) in [6.45, 7) is 12.6. The zero-order chi connectivity index (χ0) is 46.1. The minimum Gasteiger partial charge on any atom is -0.494 e. The lowest BCUT2D eigenvalue weighted by atomic mass is 10.1. The second-order valence-corrected chi connectivity index (χ2v) is 16.8. The van der Waals surface area contributed by atoms with Crippen LogP contribution < -0.4 is 20.7 Å². The fourth-order valence-electron chi connectivity index (χ4n) is 5.61. The molecule has 1 aromatic carbocycles. The minimum atomic E-state index is -1.05. The van der Waals surface area contributed by atoms with Crippen LogP contribution in [0.1, 0.15) is 135 Å². The van der Waals surface area contributed by atoms with E-state index in [4.69, 9.17) is 38.3 Å². The molecule has 62 heavy (non-hydrogen) atoms. The maximum absolute atomic E-state index is 12.9. The molecule has 3 amide bonds. The smallest absolute Gasteiger partial charge is 0.338 e. The van der Waals surface area contributed by atoms with Crippen molar-refractivity contribution in [1.29, 1.82) is 0 Å². The van der Waals surface area contributed by atoms with Crippen LogP contribution in [0, 0.1) is 0 Å². The van der Waals surface area contributed by atoms with E-state index in [1.165, 1.54) is 12.8 Å². The number of unbranched alkanes of at least 4 members (excludes halogenated alkanes) is 9. The molecule has 0 fully saturated rings. The van der Waals surface area contributed by atoms with Gasteiger partial charge in [0.25, 0.3) is 0 Å². The molecule has 0 heterocycles. The van der Waals surface area contributed by atoms with Gasteiger partial charge in [-0.2, -0.15) is 0 Å². The molecule has 354 valence electrons. The maximum Gasteiger partial charge on any atom is 0.338 e. The molecule has 0 saturated heterocycles. The van der Waals surface area contributed by atoms with Gasteiger partial charge < -0.3 is 54.2 Å². The van der Waals surface area contributed by atoms with Gasteiger partial charge in [-0.05, 0) is 85.1 Å². The molecule has 17 heteroatoms. The highest BCUT2D eigenvalue weighted by Crippen LogP contribution is 2.18. The molecule has 0 radical (unpaired) electrons.